The van der Waals surface area contributed by atoms with Gasteiger partial charge in [0.25, 0.3) is 0 Å². The fourth-order valence-electron chi connectivity index (χ4n) is 3.08. The van der Waals surface area contributed by atoms with Crippen molar-refractivity contribution < 1.29 is 13.9 Å². The maximum atomic E-state index is 14.2. The quantitative estimate of drug-likeness (QED) is 0.421. The van der Waals surface area contributed by atoms with Crippen molar-refractivity contribution in [3.8, 4) is 5.75 Å². The van der Waals surface area contributed by atoms with Gasteiger partial charge in [0, 0.05) is 6.20 Å². The summed E-state index contributed by atoms with van der Waals surface area (Å²) in [4.78, 5) is 23.5. The normalized spacial score (nSPS) is 10.9. The molecule has 0 aliphatic rings. The molecule has 1 amide bonds. The van der Waals surface area contributed by atoms with Gasteiger partial charge in [-0.05, 0) is 48.9 Å². The highest BCUT2D eigenvalue weighted by atomic mass is 32.1. The Hall–Kier alpha value is -3.32. The standard InChI is InChI=1S/C23H20FN3O2S/c1-2-29-18-11-9-16(10-12-18)14-21(28)27(15-17-6-3-4-13-25-17)23-26-22-19(24)7-5-8-20(22)30-23/h3-13H,2,14-15H2,1H3. The van der Waals surface area contributed by atoms with Crippen molar-refractivity contribution in [2.45, 2.75) is 19.9 Å². The third-order valence-corrected chi connectivity index (χ3v) is 5.57. The molecule has 0 spiro atoms. The van der Waals surface area contributed by atoms with E-state index in [9.17, 15) is 9.18 Å². The van der Waals surface area contributed by atoms with Gasteiger partial charge in [-0.3, -0.25) is 14.7 Å². The van der Waals surface area contributed by atoms with E-state index in [2.05, 4.69) is 9.97 Å². The Morgan fingerprint density at radius 3 is 2.63 bits per heavy atom. The first kappa shape index (κ1) is 20.0. The number of hydrogen-bond donors (Lipinski definition) is 0. The number of ether oxygens (including phenoxy) is 1. The zero-order chi connectivity index (χ0) is 20.9. The second kappa shape index (κ2) is 9.00. The zero-order valence-corrected chi connectivity index (χ0v) is 17.2. The molecule has 0 N–H and O–H groups in total. The van der Waals surface area contributed by atoms with Gasteiger partial charge >= 0.3 is 0 Å². The number of halogens is 1. The van der Waals surface area contributed by atoms with Crippen LogP contribution in [0.5, 0.6) is 5.75 Å². The summed E-state index contributed by atoms with van der Waals surface area (Å²) in [6.45, 7) is 2.77. The predicted molar refractivity (Wildman–Crippen MR) is 116 cm³/mol. The van der Waals surface area contributed by atoms with Crippen molar-refractivity contribution in [3.05, 3.63) is 83.9 Å². The number of carbonyl (C=O) groups is 1. The maximum Gasteiger partial charge on any atom is 0.233 e. The molecule has 4 rings (SSSR count). The van der Waals surface area contributed by atoms with Crippen molar-refractivity contribution in [1.29, 1.82) is 0 Å². The second-order valence-electron chi connectivity index (χ2n) is 6.64. The minimum Gasteiger partial charge on any atom is -0.494 e. The van der Waals surface area contributed by atoms with Gasteiger partial charge < -0.3 is 4.74 Å². The molecule has 30 heavy (non-hydrogen) atoms. The van der Waals surface area contributed by atoms with Crippen LogP contribution in [0, 0.1) is 5.82 Å². The van der Waals surface area contributed by atoms with Crippen LogP contribution in [0.15, 0.2) is 66.9 Å². The van der Waals surface area contributed by atoms with E-state index in [0.717, 1.165) is 17.0 Å². The van der Waals surface area contributed by atoms with Gasteiger partial charge in [-0.15, -0.1) is 0 Å². The molecule has 2 aromatic heterocycles. The van der Waals surface area contributed by atoms with Crippen LogP contribution in [0.25, 0.3) is 10.2 Å². The topological polar surface area (TPSA) is 55.3 Å². The Labute approximate surface area is 177 Å². The monoisotopic (exact) mass is 421 g/mol. The van der Waals surface area contributed by atoms with Gasteiger partial charge in [0.1, 0.15) is 17.1 Å². The largest absolute Gasteiger partial charge is 0.494 e. The molecule has 0 atom stereocenters. The van der Waals surface area contributed by atoms with Crippen LogP contribution in [0.4, 0.5) is 9.52 Å². The molecular formula is C23H20FN3O2S. The molecule has 152 valence electrons. The molecule has 0 saturated heterocycles. The molecule has 2 heterocycles. The number of para-hydroxylation sites is 1. The van der Waals surface area contributed by atoms with E-state index in [1.807, 2.05) is 49.4 Å². The Bertz CT molecular complexity index is 1150. The third-order valence-electron chi connectivity index (χ3n) is 4.53. The van der Waals surface area contributed by atoms with Gasteiger partial charge in [-0.25, -0.2) is 9.37 Å². The first-order valence-corrected chi connectivity index (χ1v) is 10.4. The van der Waals surface area contributed by atoms with E-state index in [1.54, 1.807) is 23.2 Å². The number of carbonyl (C=O) groups excluding carboxylic acids is 1. The van der Waals surface area contributed by atoms with Gasteiger partial charge in [0.15, 0.2) is 5.13 Å². The summed E-state index contributed by atoms with van der Waals surface area (Å²) in [5.41, 5.74) is 1.87. The van der Waals surface area contributed by atoms with E-state index >= 15 is 0 Å². The molecule has 0 unspecified atom stereocenters. The number of hydrogen-bond acceptors (Lipinski definition) is 5. The third kappa shape index (κ3) is 4.46. The lowest BCUT2D eigenvalue weighted by Gasteiger charge is -2.19. The van der Waals surface area contributed by atoms with E-state index in [-0.39, 0.29) is 24.4 Å². The number of amides is 1. The lowest BCUT2D eigenvalue weighted by Crippen LogP contribution is -2.32. The molecule has 0 radical (unpaired) electrons. The zero-order valence-electron chi connectivity index (χ0n) is 16.4. The number of nitrogens with zero attached hydrogens (tertiary/aromatic N) is 3. The van der Waals surface area contributed by atoms with E-state index in [0.29, 0.717) is 16.4 Å². The number of aromatic nitrogens is 2. The number of pyridine rings is 1. The average Bonchev–Trinajstić information content (AvgIpc) is 3.20. The van der Waals surface area contributed by atoms with Crippen LogP contribution in [0.1, 0.15) is 18.2 Å². The summed E-state index contributed by atoms with van der Waals surface area (Å²) < 4.78 is 20.3. The predicted octanol–water partition coefficient (Wildman–Crippen LogP) is 5.01. The van der Waals surface area contributed by atoms with Crippen LogP contribution in [0.2, 0.25) is 0 Å². The van der Waals surface area contributed by atoms with Crippen molar-refractivity contribution in [2.24, 2.45) is 0 Å². The molecule has 7 heteroatoms. The summed E-state index contributed by atoms with van der Waals surface area (Å²) in [6, 6.07) is 17.8. The molecule has 5 nitrogen and oxygen atoms in total. The summed E-state index contributed by atoms with van der Waals surface area (Å²) in [7, 11) is 0. The van der Waals surface area contributed by atoms with Crippen LogP contribution in [-0.4, -0.2) is 22.5 Å². The molecule has 0 fully saturated rings. The summed E-state index contributed by atoms with van der Waals surface area (Å²) >= 11 is 1.29. The van der Waals surface area contributed by atoms with Crippen LogP contribution >= 0.6 is 11.3 Å². The average molecular weight is 421 g/mol. The molecule has 0 aliphatic heterocycles. The number of thiazole rings is 1. The minimum absolute atomic E-state index is 0.135. The minimum atomic E-state index is -0.397. The number of rotatable bonds is 7. The van der Waals surface area contributed by atoms with E-state index in [1.165, 1.54) is 17.4 Å². The lowest BCUT2D eigenvalue weighted by molar-refractivity contribution is -0.118. The number of fused-ring (bicyclic) bond motifs is 1. The Balaban J connectivity index is 1.63. The number of benzene rings is 2. The van der Waals surface area contributed by atoms with Gasteiger partial charge in [0.2, 0.25) is 5.91 Å². The Kier molecular flexibility index (Phi) is 5.99. The Morgan fingerprint density at radius 1 is 1.10 bits per heavy atom. The lowest BCUT2D eigenvalue weighted by atomic mass is 10.1. The van der Waals surface area contributed by atoms with Crippen molar-refractivity contribution in [1.82, 2.24) is 9.97 Å². The first-order valence-electron chi connectivity index (χ1n) is 9.61. The molecule has 0 saturated carbocycles. The fraction of sp³-hybridized carbons (Fsp3) is 0.174. The molecule has 2 aromatic carbocycles. The van der Waals surface area contributed by atoms with Crippen molar-refractivity contribution in [3.63, 3.8) is 0 Å². The first-order chi connectivity index (χ1) is 14.6. The molecule has 4 aromatic rings. The summed E-state index contributed by atoms with van der Waals surface area (Å²) in [5, 5.41) is 0.455. The van der Waals surface area contributed by atoms with E-state index in [4.69, 9.17) is 4.74 Å². The Morgan fingerprint density at radius 2 is 1.93 bits per heavy atom. The second-order valence-corrected chi connectivity index (χ2v) is 7.65. The highest BCUT2D eigenvalue weighted by Crippen LogP contribution is 2.31. The smallest absolute Gasteiger partial charge is 0.233 e. The van der Waals surface area contributed by atoms with Gasteiger partial charge in [0.05, 0.1) is 30.0 Å². The molecule has 0 bridgehead atoms. The van der Waals surface area contributed by atoms with Crippen LogP contribution < -0.4 is 9.64 Å². The molecular weight excluding hydrogens is 401 g/mol. The van der Waals surface area contributed by atoms with E-state index < -0.39 is 5.82 Å². The molecule has 0 aliphatic carbocycles. The highest BCUT2D eigenvalue weighted by Gasteiger charge is 2.22. The summed E-state index contributed by atoms with van der Waals surface area (Å²) in [6.07, 6.45) is 1.88. The SMILES string of the molecule is CCOc1ccc(CC(=O)N(Cc2ccccn2)c2nc3c(F)cccc3s2)cc1. The van der Waals surface area contributed by atoms with Crippen LogP contribution in [-0.2, 0) is 17.8 Å². The van der Waals surface area contributed by atoms with Crippen molar-refractivity contribution in [2.75, 3.05) is 11.5 Å². The van der Waals surface area contributed by atoms with Gasteiger partial charge in [-0.1, -0.05) is 35.6 Å². The van der Waals surface area contributed by atoms with Gasteiger partial charge in [-0.2, -0.15) is 0 Å². The summed E-state index contributed by atoms with van der Waals surface area (Å²) in [5.74, 6) is 0.233. The highest BCUT2D eigenvalue weighted by molar-refractivity contribution is 7.22. The van der Waals surface area contributed by atoms with Crippen LogP contribution in [0.3, 0.4) is 0 Å². The fourth-order valence-corrected chi connectivity index (χ4v) is 4.07. The van der Waals surface area contributed by atoms with Crippen molar-refractivity contribution >= 4 is 32.6 Å². The maximum absolute atomic E-state index is 14.2. The number of anilines is 1.